The van der Waals surface area contributed by atoms with E-state index in [9.17, 15) is 4.79 Å². The minimum atomic E-state index is -0.272. The zero-order valence-electron chi connectivity index (χ0n) is 10.6. The molecule has 102 valence electrons. The van der Waals surface area contributed by atoms with Crippen molar-refractivity contribution in [3.63, 3.8) is 0 Å². The summed E-state index contributed by atoms with van der Waals surface area (Å²) in [6, 6.07) is 8.66. The molecule has 0 radical (unpaired) electrons. The van der Waals surface area contributed by atoms with Gasteiger partial charge in [-0.1, -0.05) is 17.7 Å². The van der Waals surface area contributed by atoms with Gasteiger partial charge in [-0.2, -0.15) is 0 Å². The molecule has 2 N–H and O–H groups in total. The zero-order chi connectivity index (χ0) is 14.4. The van der Waals surface area contributed by atoms with E-state index >= 15 is 0 Å². The molecule has 0 aliphatic carbocycles. The smallest absolute Gasteiger partial charge is 0.270 e. The highest BCUT2D eigenvalue weighted by atomic mass is 35.5. The maximum atomic E-state index is 11.8. The first kappa shape index (κ1) is 14.0. The van der Waals surface area contributed by atoms with E-state index < -0.39 is 0 Å². The fourth-order valence-corrected chi connectivity index (χ4v) is 1.59. The lowest BCUT2D eigenvalue weighted by Crippen LogP contribution is -2.24. The maximum Gasteiger partial charge on any atom is 0.270 e. The van der Waals surface area contributed by atoms with Crippen LogP contribution in [-0.4, -0.2) is 22.4 Å². The van der Waals surface area contributed by atoms with Crippen molar-refractivity contribution in [2.24, 2.45) is 0 Å². The third kappa shape index (κ3) is 3.80. The number of nitrogens with one attached hydrogen (secondary N) is 2. The van der Waals surface area contributed by atoms with Crippen LogP contribution in [0, 0.1) is 0 Å². The van der Waals surface area contributed by atoms with Gasteiger partial charge in [0.05, 0.1) is 0 Å². The molecule has 1 aromatic carbocycles. The largest absolute Gasteiger partial charge is 0.347 e. The molecule has 0 aliphatic heterocycles. The number of carbonyl (C=O) groups is 1. The Morgan fingerprint density at radius 1 is 1.30 bits per heavy atom. The summed E-state index contributed by atoms with van der Waals surface area (Å²) in [4.78, 5) is 20.0. The van der Waals surface area contributed by atoms with Gasteiger partial charge >= 0.3 is 0 Å². The molecule has 0 unspecified atom stereocenters. The number of anilines is 2. The molecule has 0 spiro atoms. The normalized spacial score (nSPS) is 9.85. The average molecular weight is 289 g/mol. The van der Waals surface area contributed by atoms with Gasteiger partial charge in [0.2, 0.25) is 5.95 Å². The van der Waals surface area contributed by atoms with Gasteiger partial charge in [-0.05, 0) is 30.3 Å². The van der Waals surface area contributed by atoms with Crippen molar-refractivity contribution in [1.29, 1.82) is 0 Å². The molecule has 6 heteroatoms. The molecular formula is C14H13ClN4O. The number of aromatic nitrogens is 2. The average Bonchev–Trinajstić information content (AvgIpc) is 2.47. The predicted octanol–water partition coefficient (Wildman–Crippen LogP) is 2.79. The van der Waals surface area contributed by atoms with Crippen LogP contribution in [0.15, 0.2) is 49.2 Å². The van der Waals surface area contributed by atoms with Crippen LogP contribution in [0.25, 0.3) is 0 Å². The number of hydrogen-bond acceptors (Lipinski definition) is 4. The van der Waals surface area contributed by atoms with Crippen molar-refractivity contribution in [1.82, 2.24) is 15.3 Å². The van der Waals surface area contributed by atoms with Gasteiger partial charge in [0.15, 0.2) is 0 Å². The Labute approximate surface area is 121 Å². The van der Waals surface area contributed by atoms with Gasteiger partial charge in [0, 0.05) is 23.5 Å². The monoisotopic (exact) mass is 288 g/mol. The topological polar surface area (TPSA) is 66.9 Å². The van der Waals surface area contributed by atoms with Gasteiger partial charge in [-0.15, -0.1) is 6.58 Å². The maximum absolute atomic E-state index is 11.8. The molecule has 20 heavy (non-hydrogen) atoms. The quantitative estimate of drug-likeness (QED) is 0.830. The van der Waals surface area contributed by atoms with Crippen molar-refractivity contribution >= 4 is 29.1 Å². The van der Waals surface area contributed by atoms with E-state index in [1.54, 1.807) is 36.4 Å². The SMILES string of the molecule is C=CCNC(=O)c1ccnc(Nc2ccc(Cl)cc2)n1. The van der Waals surface area contributed by atoms with Crippen LogP contribution < -0.4 is 10.6 Å². The van der Waals surface area contributed by atoms with Crippen molar-refractivity contribution in [2.75, 3.05) is 11.9 Å². The van der Waals surface area contributed by atoms with E-state index in [0.29, 0.717) is 23.2 Å². The summed E-state index contributed by atoms with van der Waals surface area (Å²) < 4.78 is 0. The fourth-order valence-electron chi connectivity index (χ4n) is 1.46. The molecule has 0 aliphatic rings. The molecule has 0 fully saturated rings. The number of rotatable bonds is 5. The van der Waals surface area contributed by atoms with Crippen LogP contribution in [0.3, 0.4) is 0 Å². The summed E-state index contributed by atoms with van der Waals surface area (Å²) in [5.74, 6) is 0.0741. The van der Waals surface area contributed by atoms with Crippen molar-refractivity contribution in [2.45, 2.75) is 0 Å². The summed E-state index contributed by atoms with van der Waals surface area (Å²) in [5.41, 5.74) is 1.08. The summed E-state index contributed by atoms with van der Waals surface area (Å²) in [7, 11) is 0. The van der Waals surface area contributed by atoms with E-state index in [1.165, 1.54) is 6.20 Å². The first-order valence-electron chi connectivity index (χ1n) is 5.94. The van der Waals surface area contributed by atoms with Crippen LogP contribution >= 0.6 is 11.6 Å². The Balaban J connectivity index is 2.11. The van der Waals surface area contributed by atoms with Gasteiger partial charge in [0.1, 0.15) is 5.69 Å². The van der Waals surface area contributed by atoms with Crippen molar-refractivity contribution < 1.29 is 4.79 Å². The van der Waals surface area contributed by atoms with E-state index in [1.807, 2.05) is 0 Å². The second kappa shape index (κ2) is 6.68. The van der Waals surface area contributed by atoms with Crippen LogP contribution in [0.2, 0.25) is 5.02 Å². The minimum Gasteiger partial charge on any atom is -0.347 e. The van der Waals surface area contributed by atoms with Crippen LogP contribution in [0.4, 0.5) is 11.6 Å². The fraction of sp³-hybridized carbons (Fsp3) is 0.0714. The molecule has 0 atom stereocenters. The number of nitrogens with zero attached hydrogens (tertiary/aromatic N) is 2. The Morgan fingerprint density at radius 2 is 2.05 bits per heavy atom. The van der Waals surface area contributed by atoms with Crippen LogP contribution in [-0.2, 0) is 0 Å². The Bertz CT molecular complexity index is 613. The summed E-state index contributed by atoms with van der Waals surface area (Å²) in [5, 5.41) is 6.30. The van der Waals surface area contributed by atoms with Gasteiger partial charge in [-0.3, -0.25) is 4.79 Å². The zero-order valence-corrected chi connectivity index (χ0v) is 11.4. The Kier molecular flexibility index (Phi) is 4.68. The molecule has 1 heterocycles. The highest BCUT2D eigenvalue weighted by Gasteiger charge is 2.07. The number of hydrogen-bond donors (Lipinski definition) is 2. The molecule has 2 aromatic rings. The molecule has 0 saturated carbocycles. The third-order valence-corrected chi connectivity index (χ3v) is 2.65. The van der Waals surface area contributed by atoms with Gasteiger partial charge in [-0.25, -0.2) is 9.97 Å². The Hall–Kier alpha value is -2.40. The molecule has 1 aromatic heterocycles. The summed E-state index contributed by atoms with van der Waals surface area (Å²) >= 11 is 5.81. The van der Waals surface area contributed by atoms with E-state index in [4.69, 9.17) is 11.6 Å². The third-order valence-electron chi connectivity index (χ3n) is 2.40. The number of amides is 1. The molecule has 1 amide bonds. The summed E-state index contributed by atoms with van der Waals surface area (Å²) in [6.45, 7) is 3.93. The van der Waals surface area contributed by atoms with Crippen LogP contribution in [0.5, 0.6) is 0 Å². The molecule has 0 bridgehead atoms. The predicted molar refractivity (Wildman–Crippen MR) is 79.3 cm³/mol. The lowest BCUT2D eigenvalue weighted by atomic mass is 10.3. The van der Waals surface area contributed by atoms with E-state index in [0.717, 1.165) is 5.69 Å². The minimum absolute atomic E-state index is 0.272. The number of benzene rings is 1. The van der Waals surface area contributed by atoms with Gasteiger partial charge < -0.3 is 10.6 Å². The standard InChI is InChI=1S/C14H13ClN4O/c1-2-8-16-13(20)12-7-9-17-14(19-12)18-11-5-3-10(15)4-6-11/h2-7,9H,1,8H2,(H,16,20)(H,17,18,19). The lowest BCUT2D eigenvalue weighted by molar-refractivity contribution is 0.0953. The molecule has 2 rings (SSSR count). The number of halogens is 1. The first-order chi connectivity index (χ1) is 9.69. The molecule has 0 saturated heterocycles. The van der Waals surface area contributed by atoms with Crippen molar-refractivity contribution in [3.05, 3.63) is 59.9 Å². The van der Waals surface area contributed by atoms with E-state index in [2.05, 4.69) is 27.2 Å². The second-order valence-electron chi connectivity index (χ2n) is 3.90. The highest BCUT2D eigenvalue weighted by Crippen LogP contribution is 2.16. The van der Waals surface area contributed by atoms with E-state index in [-0.39, 0.29) is 5.91 Å². The van der Waals surface area contributed by atoms with Crippen LogP contribution in [0.1, 0.15) is 10.5 Å². The molecule has 5 nitrogen and oxygen atoms in total. The number of carbonyl (C=O) groups excluding carboxylic acids is 1. The highest BCUT2D eigenvalue weighted by molar-refractivity contribution is 6.30. The lowest BCUT2D eigenvalue weighted by Gasteiger charge is -2.06. The second-order valence-corrected chi connectivity index (χ2v) is 4.33. The van der Waals surface area contributed by atoms with Crippen molar-refractivity contribution in [3.8, 4) is 0 Å². The molecular weight excluding hydrogens is 276 g/mol. The summed E-state index contributed by atoms with van der Waals surface area (Å²) in [6.07, 6.45) is 3.13. The first-order valence-corrected chi connectivity index (χ1v) is 6.31. The van der Waals surface area contributed by atoms with Gasteiger partial charge in [0.25, 0.3) is 5.91 Å². The Morgan fingerprint density at radius 3 is 2.75 bits per heavy atom.